The van der Waals surface area contributed by atoms with Crippen LogP contribution < -0.4 is 5.73 Å². The molecule has 0 saturated heterocycles. The summed E-state index contributed by atoms with van der Waals surface area (Å²) in [5.74, 6) is 0.551. The summed E-state index contributed by atoms with van der Waals surface area (Å²) in [6, 6.07) is 5.67. The Morgan fingerprint density at radius 2 is 2.05 bits per heavy atom. The second-order valence-corrected chi connectivity index (χ2v) is 6.00. The first-order chi connectivity index (χ1) is 9.10. The summed E-state index contributed by atoms with van der Waals surface area (Å²) in [7, 11) is 0. The van der Waals surface area contributed by atoms with Gasteiger partial charge in [0.2, 0.25) is 0 Å². The highest BCUT2D eigenvalue weighted by Gasteiger charge is 2.29. The maximum Gasteiger partial charge on any atom is 0.123 e. The minimum Gasteiger partial charge on any atom is -0.326 e. The van der Waals surface area contributed by atoms with Crippen LogP contribution in [0.4, 0.5) is 4.39 Å². The minimum absolute atomic E-state index is 0.160. The van der Waals surface area contributed by atoms with Crippen LogP contribution in [0.25, 0.3) is 0 Å². The lowest BCUT2D eigenvalue weighted by atomic mass is 10.1. The second kappa shape index (κ2) is 6.49. The van der Waals surface area contributed by atoms with Crippen LogP contribution in [0.2, 0.25) is 0 Å². The molecule has 0 aromatic heterocycles. The van der Waals surface area contributed by atoms with Crippen LogP contribution in [0, 0.1) is 11.7 Å². The molecule has 2 rings (SSSR count). The van der Waals surface area contributed by atoms with Crippen molar-refractivity contribution in [1.82, 2.24) is 4.90 Å². The van der Waals surface area contributed by atoms with Gasteiger partial charge in [-0.25, -0.2) is 4.39 Å². The SMILES string of the molecule is CC(C)CCN(Cc1cc(F)ccc1CN)C1CC1. The molecule has 3 heteroatoms. The Bertz CT molecular complexity index is 413. The molecule has 1 aromatic carbocycles. The van der Waals surface area contributed by atoms with E-state index in [2.05, 4.69) is 18.7 Å². The molecule has 0 heterocycles. The smallest absolute Gasteiger partial charge is 0.123 e. The van der Waals surface area contributed by atoms with E-state index in [0.717, 1.165) is 24.2 Å². The molecule has 0 spiro atoms. The third-order valence-corrected chi connectivity index (χ3v) is 3.82. The molecule has 0 amide bonds. The highest BCUT2D eigenvalue weighted by Crippen LogP contribution is 2.29. The molecule has 1 aliphatic carbocycles. The van der Waals surface area contributed by atoms with E-state index in [9.17, 15) is 4.39 Å². The molecular formula is C16H25FN2. The number of benzene rings is 1. The van der Waals surface area contributed by atoms with Gasteiger partial charge in [0.1, 0.15) is 5.82 Å². The zero-order valence-corrected chi connectivity index (χ0v) is 12.0. The van der Waals surface area contributed by atoms with E-state index in [4.69, 9.17) is 5.73 Å². The first-order valence-electron chi connectivity index (χ1n) is 7.31. The van der Waals surface area contributed by atoms with Gasteiger partial charge in [0, 0.05) is 19.1 Å². The fourth-order valence-corrected chi connectivity index (χ4v) is 2.41. The molecule has 2 N–H and O–H groups in total. The van der Waals surface area contributed by atoms with Crippen molar-refractivity contribution < 1.29 is 4.39 Å². The molecule has 1 saturated carbocycles. The van der Waals surface area contributed by atoms with Gasteiger partial charge in [-0.05, 0) is 55.0 Å². The highest BCUT2D eigenvalue weighted by atomic mass is 19.1. The van der Waals surface area contributed by atoms with E-state index >= 15 is 0 Å². The molecular weight excluding hydrogens is 239 g/mol. The van der Waals surface area contributed by atoms with Crippen LogP contribution >= 0.6 is 0 Å². The zero-order chi connectivity index (χ0) is 13.8. The lowest BCUT2D eigenvalue weighted by Gasteiger charge is -2.24. The van der Waals surface area contributed by atoms with E-state index in [-0.39, 0.29) is 5.82 Å². The van der Waals surface area contributed by atoms with Gasteiger partial charge >= 0.3 is 0 Å². The Kier molecular flexibility index (Phi) is 4.94. The second-order valence-electron chi connectivity index (χ2n) is 6.00. The topological polar surface area (TPSA) is 29.3 Å². The quantitative estimate of drug-likeness (QED) is 0.819. The number of nitrogens with two attached hydrogens (primary N) is 1. The Morgan fingerprint density at radius 3 is 2.63 bits per heavy atom. The van der Waals surface area contributed by atoms with Crippen LogP contribution in [0.1, 0.15) is 44.2 Å². The van der Waals surface area contributed by atoms with Gasteiger partial charge in [-0.1, -0.05) is 19.9 Å². The van der Waals surface area contributed by atoms with E-state index in [1.54, 1.807) is 6.07 Å². The van der Waals surface area contributed by atoms with Gasteiger partial charge in [0.15, 0.2) is 0 Å². The molecule has 19 heavy (non-hydrogen) atoms. The van der Waals surface area contributed by atoms with Gasteiger partial charge in [0.25, 0.3) is 0 Å². The lowest BCUT2D eigenvalue weighted by molar-refractivity contribution is 0.238. The third kappa shape index (κ3) is 4.29. The predicted molar refractivity (Wildman–Crippen MR) is 77.2 cm³/mol. The molecule has 1 aromatic rings. The Hall–Kier alpha value is -0.930. The van der Waals surface area contributed by atoms with E-state index in [1.807, 2.05) is 6.07 Å². The molecule has 0 aliphatic heterocycles. The molecule has 0 bridgehead atoms. The Morgan fingerprint density at radius 1 is 1.32 bits per heavy atom. The summed E-state index contributed by atoms with van der Waals surface area (Å²) in [5, 5.41) is 0. The highest BCUT2D eigenvalue weighted by molar-refractivity contribution is 5.28. The molecule has 0 unspecified atom stereocenters. The number of nitrogens with zero attached hydrogens (tertiary/aromatic N) is 1. The summed E-state index contributed by atoms with van der Waals surface area (Å²) in [6.07, 6.45) is 3.76. The molecule has 1 aliphatic rings. The average Bonchev–Trinajstić information content (AvgIpc) is 3.18. The van der Waals surface area contributed by atoms with Crippen molar-refractivity contribution in [3.63, 3.8) is 0 Å². The van der Waals surface area contributed by atoms with Crippen LogP contribution in [0.3, 0.4) is 0 Å². The van der Waals surface area contributed by atoms with Gasteiger partial charge in [0.05, 0.1) is 0 Å². The summed E-state index contributed by atoms with van der Waals surface area (Å²) in [4.78, 5) is 2.49. The summed E-state index contributed by atoms with van der Waals surface area (Å²) < 4.78 is 13.4. The minimum atomic E-state index is -0.160. The molecule has 106 valence electrons. The number of hydrogen-bond donors (Lipinski definition) is 1. The van der Waals surface area contributed by atoms with Crippen LogP contribution in [0.15, 0.2) is 18.2 Å². The van der Waals surface area contributed by atoms with Crippen LogP contribution in [-0.2, 0) is 13.1 Å². The number of hydrogen-bond acceptors (Lipinski definition) is 2. The molecule has 1 fully saturated rings. The summed E-state index contributed by atoms with van der Waals surface area (Å²) >= 11 is 0. The fourth-order valence-electron chi connectivity index (χ4n) is 2.41. The molecule has 0 radical (unpaired) electrons. The first-order valence-corrected chi connectivity index (χ1v) is 7.31. The van der Waals surface area contributed by atoms with E-state index in [0.29, 0.717) is 18.5 Å². The van der Waals surface area contributed by atoms with Crippen molar-refractivity contribution in [1.29, 1.82) is 0 Å². The zero-order valence-electron chi connectivity index (χ0n) is 12.0. The maximum absolute atomic E-state index is 13.4. The van der Waals surface area contributed by atoms with Gasteiger partial charge in [-0.3, -0.25) is 4.90 Å². The molecule has 2 nitrogen and oxygen atoms in total. The lowest BCUT2D eigenvalue weighted by Crippen LogP contribution is -2.28. The van der Waals surface area contributed by atoms with Gasteiger partial charge in [-0.15, -0.1) is 0 Å². The van der Waals surface area contributed by atoms with E-state index in [1.165, 1.54) is 25.3 Å². The Labute approximate surface area is 115 Å². The van der Waals surface area contributed by atoms with Gasteiger partial charge < -0.3 is 5.73 Å². The third-order valence-electron chi connectivity index (χ3n) is 3.82. The first kappa shape index (κ1) is 14.5. The van der Waals surface area contributed by atoms with Crippen molar-refractivity contribution in [2.75, 3.05) is 6.54 Å². The summed E-state index contributed by atoms with van der Waals surface area (Å²) in [5.41, 5.74) is 7.87. The standard InChI is InChI=1S/C16H25FN2/c1-12(2)7-8-19(16-5-6-16)11-14-9-15(17)4-3-13(14)10-18/h3-4,9,12,16H,5-8,10-11,18H2,1-2H3. The fraction of sp³-hybridized carbons (Fsp3) is 0.625. The molecule has 0 atom stereocenters. The number of rotatable bonds is 7. The summed E-state index contributed by atoms with van der Waals surface area (Å²) in [6.45, 7) is 6.92. The number of halogens is 1. The van der Waals surface area contributed by atoms with Crippen LogP contribution in [-0.4, -0.2) is 17.5 Å². The van der Waals surface area contributed by atoms with Crippen molar-refractivity contribution in [3.8, 4) is 0 Å². The maximum atomic E-state index is 13.4. The van der Waals surface area contributed by atoms with Crippen LogP contribution in [0.5, 0.6) is 0 Å². The van der Waals surface area contributed by atoms with Gasteiger partial charge in [-0.2, -0.15) is 0 Å². The van der Waals surface area contributed by atoms with Crippen molar-refractivity contribution in [2.24, 2.45) is 11.7 Å². The van der Waals surface area contributed by atoms with Crippen molar-refractivity contribution in [2.45, 2.75) is 52.2 Å². The Balaban J connectivity index is 2.05. The normalized spacial score (nSPS) is 15.5. The largest absolute Gasteiger partial charge is 0.326 e. The average molecular weight is 264 g/mol. The predicted octanol–water partition coefficient (Wildman–Crippen LogP) is 3.29. The monoisotopic (exact) mass is 264 g/mol. The van der Waals surface area contributed by atoms with E-state index < -0.39 is 0 Å². The van der Waals surface area contributed by atoms with Crippen molar-refractivity contribution in [3.05, 3.63) is 35.1 Å². The van der Waals surface area contributed by atoms with Crippen molar-refractivity contribution >= 4 is 0 Å².